The van der Waals surface area contributed by atoms with Gasteiger partial charge in [-0.25, -0.2) is 4.79 Å². The lowest BCUT2D eigenvalue weighted by molar-refractivity contribution is -0.127. The summed E-state index contributed by atoms with van der Waals surface area (Å²) in [6, 6.07) is 0. The standard InChI is InChI=1S/C24H41NO4S2/c1-17(2)19-13-12-18(3)20(16-19)8-5-4-6-9-21(29-24(27)28)10-7-11-22(26)25-14-15-31-23(25)30/h17-21H,4-16H2,1-3H3,(H,27,28). The van der Waals surface area contributed by atoms with E-state index >= 15 is 0 Å². The fraction of sp³-hybridized carbons (Fsp3) is 0.875. The Balaban J connectivity index is 1.64. The molecule has 1 heterocycles. The van der Waals surface area contributed by atoms with Gasteiger partial charge in [0.25, 0.3) is 0 Å². The van der Waals surface area contributed by atoms with E-state index in [0.717, 1.165) is 48.7 Å². The molecular weight excluding hydrogens is 430 g/mol. The number of rotatable bonds is 12. The summed E-state index contributed by atoms with van der Waals surface area (Å²) in [5.41, 5.74) is 0. The summed E-state index contributed by atoms with van der Waals surface area (Å²) >= 11 is 6.74. The molecule has 0 aromatic heterocycles. The van der Waals surface area contributed by atoms with Gasteiger partial charge in [0.15, 0.2) is 0 Å². The lowest BCUT2D eigenvalue weighted by Crippen LogP contribution is -2.30. The van der Waals surface area contributed by atoms with Crippen molar-refractivity contribution in [3.05, 3.63) is 0 Å². The average molecular weight is 472 g/mol. The van der Waals surface area contributed by atoms with E-state index < -0.39 is 6.16 Å². The summed E-state index contributed by atoms with van der Waals surface area (Å²) in [5, 5.41) is 9.05. The van der Waals surface area contributed by atoms with Crippen LogP contribution in [0.2, 0.25) is 0 Å². The van der Waals surface area contributed by atoms with E-state index in [4.69, 9.17) is 22.1 Å². The predicted octanol–water partition coefficient (Wildman–Crippen LogP) is 6.74. The van der Waals surface area contributed by atoms with Crippen molar-refractivity contribution in [2.45, 2.75) is 97.5 Å². The van der Waals surface area contributed by atoms with Crippen LogP contribution in [0, 0.1) is 23.7 Å². The van der Waals surface area contributed by atoms with E-state index in [2.05, 4.69) is 20.8 Å². The molecule has 0 aromatic rings. The number of nitrogens with zero attached hydrogens (tertiary/aromatic N) is 1. The quantitative estimate of drug-likeness (QED) is 0.193. The van der Waals surface area contributed by atoms with Crippen LogP contribution in [0.25, 0.3) is 0 Å². The first-order chi connectivity index (χ1) is 14.8. The van der Waals surface area contributed by atoms with Gasteiger partial charge in [-0.2, -0.15) is 0 Å². The number of thioether (sulfide) groups is 1. The Kier molecular flexibility index (Phi) is 11.7. The Morgan fingerprint density at radius 1 is 1.19 bits per heavy atom. The molecule has 4 unspecified atom stereocenters. The van der Waals surface area contributed by atoms with Crippen molar-refractivity contribution >= 4 is 40.4 Å². The van der Waals surface area contributed by atoms with Gasteiger partial charge in [-0.3, -0.25) is 9.69 Å². The smallest absolute Gasteiger partial charge is 0.450 e. The Morgan fingerprint density at radius 3 is 2.58 bits per heavy atom. The first-order valence-electron chi connectivity index (χ1n) is 12.1. The second-order valence-corrected chi connectivity index (χ2v) is 11.5. The molecule has 0 spiro atoms. The van der Waals surface area contributed by atoms with Gasteiger partial charge in [-0.1, -0.05) is 70.4 Å². The number of amides is 1. The molecule has 1 aliphatic carbocycles. The van der Waals surface area contributed by atoms with Gasteiger partial charge in [-0.15, -0.1) is 0 Å². The maximum Gasteiger partial charge on any atom is 0.506 e. The summed E-state index contributed by atoms with van der Waals surface area (Å²) in [6.45, 7) is 7.81. The fourth-order valence-electron chi connectivity index (χ4n) is 5.06. The maximum atomic E-state index is 12.3. The SMILES string of the molecule is CC(C)C1CCC(C)C(CCCCCC(CCCC(=O)N2CCSC2=S)OC(=O)O)C1. The lowest BCUT2D eigenvalue weighted by Gasteiger charge is -2.36. The van der Waals surface area contributed by atoms with Crippen molar-refractivity contribution in [2.24, 2.45) is 23.7 Å². The highest BCUT2D eigenvalue weighted by Crippen LogP contribution is 2.39. The minimum absolute atomic E-state index is 0.0466. The molecule has 2 rings (SSSR count). The number of unbranched alkanes of at least 4 members (excludes halogenated alkanes) is 2. The highest BCUT2D eigenvalue weighted by Gasteiger charge is 2.29. The average Bonchev–Trinajstić information content (AvgIpc) is 3.14. The number of thiocarbonyl (C=S) groups is 1. The molecule has 1 amide bonds. The van der Waals surface area contributed by atoms with Crippen molar-refractivity contribution in [1.29, 1.82) is 0 Å². The van der Waals surface area contributed by atoms with Crippen molar-refractivity contribution in [3.63, 3.8) is 0 Å². The third-order valence-corrected chi connectivity index (χ3v) is 8.62. The number of ether oxygens (including phenoxy) is 1. The monoisotopic (exact) mass is 471 g/mol. The summed E-state index contributed by atoms with van der Waals surface area (Å²) in [4.78, 5) is 25.0. The first-order valence-corrected chi connectivity index (χ1v) is 13.5. The number of carboxylic acid groups (broad SMARTS) is 1. The Hall–Kier alpha value is -0.820. The Morgan fingerprint density at radius 2 is 1.94 bits per heavy atom. The van der Waals surface area contributed by atoms with Crippen molar-refractivity contribution in [1.82, 2.24) is 4.90 Å². The van der Waals surface area contributed by atoms with E-state index in [0.29, 0.717) is 30.1 Å². The molecule has 1 saturated carbocycles. The van der Waals surface area contributed by atoms with Gasteiger partial charge in [0, 0.05) is 18.7 Å². The minimum atomic E-state index is -1.22. The van der Waals surface area contributed by atoms with Crippen LogP contribution in [0.4, 0.5) is 4.79 Å². The highest BCUT2D eigenvalue weighted by molar-refractivity contribution is 8.23. The summed E-state index contributed by atoms with van der Waals surface area (Å²) < 4.78 is 5.76. The van der Waals surface area contributed by atoms with Crippen LogP contribution in [0.3, 0.4) is 0 Å². The summed E-state index contributed by atoms with van der Waals surface area (Å²) in [6.07, 6.45) is 9.56. The predicted molar refractivity (Wildman–Crippen MR) is 131 cm³/mol. The van der Waals surface area contributed by atoms with Gasteiger partial charge in [-0.05, 0) is 62.2 Å². The molecule has 2 fully saturated rings. The van der Waals surface area contributed by atoms with Crippen LogP contribution in [0.15, 0.2) is 0 Å². The fourth-order valence-corrected chi connectivity index (χ4v) is 6.30. The Bertz CT molecular complexity index is 598. The third-order valence-electron chi connectivity index (χ3n) is 7.19. The lowest BCUT2D eigenvalue weighted by atomic mass is 9.70. The van der Waals surface area contributed by atoms with Crippen LogP contribution < -0.4 is 0 Å². The molecule has 178 valence electrons. The maximum absolute atomic E-state index is 12.3. The molecule has 1 aliphatic heterocycles. The van der Waals surface area contributed by atoms with Crippen LogP contribution in [-0.4, -0.2) is 44.8 Å². The van der Waals surface area contributed by atoms with Crippen LogP contribution >= 0.6 is 24.0 Å². The molecule has 5 nitrogen and oxygen atoms in total. The summed E-state index contributed by atoms with van der Waals surface area (Å²) in [7, 11) is 0. The largest absolute Gasteiger partial charge is 0.506 e. The van der Waals surface area contributed by atoms with E-state index in [1.807, 2.05) is 0 Å². The number of hydrogen-bond donors (Lipinski definition) is 1. The van der Waals surface area contributed by atoms with E-state index in [9.17, 15) is 9.59 Å². The van der Waals surface area contributed by atoms with Crippen LogP contribution in [-0.2, 0) is 9.53 Å². The van der Waals surface area contributed by atoms with Gasteiger partial charge >= 0.3 is 6.16 Å². The molecule has 1 saturated heterocycles. The van der Waals surface area contributed by atoms with E-state index in [1.165, 1.54) is 32.1 Å². The molecule has 2 aliphatic rings. The molecule has 0 aromatic carbocycles. The summed E-state index contributed by atoms with van der Waals surface area (Å²) in [5.74, 6) is 4.25. The zero-order valence-electron chi connectivity index (χ0n) is 19.5. The molecule has 1 N–H and O–H groups in total. The third kappa shape index (κ3) is 9.29. The Labute approximate surface area is 198 Å². The minimum Gasteiger partial charge on any atom is -0.450 e. The topological polar surface area (TPSA) is 66.8 Å². The van der Waals surface area contributed by atoms with Crippen molar-refractivity contribution < 1.29 is 19.4 Å². The second kappa shape index (κ2) is 13.7. The van der Waals surface area contributed by atoms with Gasteiger partial charge < -0.3 is 9.84 Å². The zero-order valence-corrected chi connectivity index (χ0v) is 21.1. The van der Waals surface area contributed by atoms with Crippen LogP contribution in [0.5, 0.6) is 0 Å². The number of carbonyl (C=O) groups is 2. The second-order valence-electron chi connectivity index (χ2n) is 9.75. The van der Waals surface area contributed by atoms with E-state index in [1.54, 1.807) is 16.7 Å². The number of hydrogen-bond acceptors (Lipinski definition) is 5. The number of carbonyl (C=O) groups excluding carboxylic acids is 1. The highest BCUT2D eigenvalue weighted by atomic mass is 32.2. The van der Waals surface area contributed by atoms with Crippen molar-refractivity contribution in [2.75, 3.05) is 12.3 Å². The molecule has 7 heteroatoms. The van der Waals surface area contributed by atoms with Gasteiger partial charge in [0.05, 0.1) is 0 Å². The zero-order chi connectivity index (χ0) is 22.8. The molecule has 4 atom stereocenters. The van der Waals surface area contributed by atoms with Gasteiger partial charge in [0.1, 0.15) is 10.4 Å². The molecular formula is C24H41NO4S2. The van der Waals surface area contributed by atoms with Gasteiger partial charge in [0.2, 0.25) is 5.91 Å². The van der Waals surface area contributed by atoms with E-state index in [-0.39, 0.29) is 12.0 Å². The molecule has 0 bridgehead atoms. The van der Waals surface area contributed by atoms with Crippen molar-refractivity contribution in [3.8, 4) is 0 Å². The first kappa shape index (κ1) is 26.4. The molecule has 0 radical (unpaired) electrons. The molecule has 31 heavy (non-hydrogen) atoms. The van der Waals surface area contributed by atoms with Crippen LogP contribution in [0.1, 0.15) is 91.4 Å². The normalized spacial score (nSPS) is 25.1.